The molecule has 2 aromatic heterocycles. The molecule has 0 aromatic carbocycles. The fourth-order valence-corrected chi connectivity index (χ4v) is 1.52. The number of unbranched alkanes of at least 4 members (excludes halogenated alkanes) is 1. The van der Waals surface area contributed by atoms with Crippen molar-refractivity contribution in [1.29, 1.82) is 0 Å². The molecule has 0 fully saturated rings. The minimum atomic E-state index is 1.08. The smallest absolute Gasteiger partial charge is 0.113 e. The van der Waals surface area contributed by atoms with Gasteiger partial charge in [-0.1, -0.05) is 19.4 Å². The maximum absolute atomic E-state index is 4.40. The molecule has 0 unspecified atom stereocenters. The van der Waals surface area contributed by atoms with Gasteiger partial charge in [-0.3, -0.25) is 0 Å². The van der Waals surface area contributed by atoms with Crippen LogP contribution in [0.25, 0.3) is 5.52 Å². The zero-order valence-corrected chi connectivity index (χ0v) is 7.90. The van der Waals surface area contributed by atoms with Crippen molar-refractivity contribution in [1.82, 2.24) is 9.38 Å². The number of hydrogen-bond donors (Lipinski definition) is 0. The molecule has 0 bridgehead atoms. The molecule has 13 heavy (non-hydrogen) atoms. The molecule has 2 heteroatoms. The molecule has 2 nitrogen and oxygen atoms in total. The summed E-state index contributed by atoms with van der Waals surface area (Å²) < 4.78 is 2.16. The summed E-state index contributed by atoms with van der Waals surface area (Å²) in [6.07, 6.45) is 7.53. The summed E-state index contributed by atoms with van der Waals surface area (Å²) in [6, 6.07) is 6.17. The second-order valence-electron chi connectivity index (χ2n) is 3.27. The Kier molecular flexibility index (Phi) is 2.30. The van der Waals surface area contributed by atoms with Crippen LogP contribution in [0.1, 0.15) is 25.6 Å². The first kappa shape index (κ1) is 8.30. The van der Waals surface area contributed by atoms with Gasteiger partial charge in [-0.25, -0.2) is 4.98 Å². The molecule has 0 N–H and O–H groups in total. The van der Waals surface area contributed by atoms with Crippen LogP contribution in [0.3, 0.4) is 0 Å². The van der Waals surface area contributed by atoms with E-state index in [0.29, 0.717) is 0 Å². The Hall–Kier alpha value is -1.31. The Morgan fingerprint density at radius 1 is 1.38 bits per heavy atom. The quantitative estimate of drug-likeness (QED) is 0.699. The van der Waals surface area contributed by atoms with Gasteiger partial charge in [0.2, 0.25) is 0 Å². The first-order chi connectivity index (χ1) is 6.42. The van der Waals surface area contributed by atoms with Gasteiger partial charge < -0.3 is 4.40 Å². The molecular weight excluding hydrogens is 160 g/mol. The second-order valence-corrected chi connectivity index (χ2v) is 3.27. The number of aryl methyl sites for hydroxylation is 1. The molecule has 0 radical (unpaired) electrons. The van der Waals surface area contributed by atoms with Gasteiger partial charge in [0.25, 0.3) is 0 Å². The van der Waals surface area contributed by atoms with Crippen LogP contribution in [0.15, 0.2) is 30.6 Å². The Morgan fingerprint density at radius 2 is 2.31 bits per heavy atom. The Balaban J connectivity index is 2.35. The van der Waals surface area contributed by atoms with E-state index in [-0.39, 0.29) is 0 Å². The van der Waals surface area contributed by atoms with Crippen LogP contribution < -0.4 is 0 Å². The lowest BCUT2D eigenvalue weighted by Gasteiger charge is -1.98. The molecule has 0 atom stereocenters. The van der Waals surface area contributed by atoms with Crippen LogP contribution in [0.2, 0.25) is 0 Å². The highest BCUT2D eigenvalue weighted by Gasteiger charge is 2.00. The molecule has 0 aliphatic heterocycles. The monoisotopic (exact) mass is 174 g/mol. The molecule has 0 amide bonds. The predicted octanol–water partition coefficient (Wildman–Crippen LogP) is 2.68. The third-order valence-corrected chi connectivity index (χ3v) is 2.27. The summed E-state index contributed by atoms with van der Waals surface area (Å²) in [5.41, 5.74) is 1.19. The van der Waals surface area contributed by atoms with Crippen LogP contribution in [0.4, 0.5) is 0 Å². The van der Waals surface area contributed by atoms with Crippen LogP contribution in [-0.2, 0) is 6.42 Å². The summed E-state index contributed by atoms with van der Waals surface area (Å²) in [4.78, 5) is 4.40. The summed E-state index contributed by atoms with van der Waals surface area (Å²) in [7, 11) is 0. The molecular formula is C11H14N2. The van der Waals surface area contributed by atoms with E-state index in [0.717, 1.165) is 6.42 Å². The molecule has 68 valence electrons. The van der Waals surface area contributed by atoms with Gasteiger partial charge in [0, 0.05) is 12.6 Å². The number of hydrogen-bond acceptors (Lipinski definition) is 1. The van der Waals surface area contributed by atoms with E-state index >= 15 is 0 Å². The normalized spacial score (nSPS) is 10.8. The topological polar surface area (TPSA) is 17.3 Å². The fraction of sp³-hybridized carbons (Fsp3) is 0.364. The maximum atomic E-state index is 4.40. The Morgan fingerprint density at radius 3 is 3.15 bits per heavy atom. The van der Waals surface area contributed by atoms with Gasteiger partial charge in [0.1, 0.15) is 5.82 Å². The van der Waals surface area contributed by atoms with E-state index in [9.17, 15) is 0 Å². The van der Waals surface area contributed by atoms with Crippen molar-refractivity contribution in [3.05, 3.63) is 36.4 Å². The maximum Gasteiger partial charge on any atom is 0.113 e. The van der Waals surface area contributed by atoms with Gasteiger partial charge in [-0.05, 0) is 18.6 Å². The minimum Gasteiger partial charge on any atom is -0.304 e. The Bertz CT molecular complexity index is 390. The molecule has 2 heterocycles. The van der Waals surface area contributed by atoms with E-state index in [4.69, 9.17) is 0 Å². The predicted molar refractivity (Wildman–Crippen MR) is 53.8 cm³/mol. The summed E-state index contributed by atoms with van der Waals surface area (Å²) >= 11 is 0. The zero-order chi connectivity index (χ0) is 9.10. The van der Waals surface area contributed by atoms with E-state index < -0.39 is 0 Å². The SMILES string of the molecule is CCCCc1ncc2ccccn12. The molecule has 2 rings (SSSR count). The molecule has 0 aliphatic carbocycles. The molecule has 0 saturated carbocycles. The number of rotatable bonds is 3. The van der Waals surface area contributed by atoms with E-state index in [1.807, 2.05) is 18.3 Å². The number of pyridine rings is 1. The lowest BCUT2D eigenvalue weighted by atomic mass is 10.2. The van der Waals surface area contributed by atoms with Gasteiger partial charge in [0.15, 0.2) is 0 Å². The summed E-state index contributed by atoms with van der Waals surface area (Å²) in [5.74, 6) is 1.18. The largest absolute Gasteiger partial charge is 0.304 e. The van der Waals surface area contributed by atoms with Gasteiger partial charge in [-0.15, -0.1) is 0 Å². The number of imidazole rings is 1. The molecule has 2 aromatic rings. The third-order valence-electron chi connectivity index (χ3n) is 2.27. The number of aromatic nitrogens is 2. The highest BCUT2D eigenvalue weighted by Crippen LogP contribution is 2.08. The lowest BCUT2D eigenvalue weighted by molar-refractivity contribution is 0.750. The second kappa shape index (κ2) is 3.60. The summed E-state index contributed by atoms with van der Waals surface area (Å²) in [5, 5.41) is 0. The van der Waals surface area contributed by atoms with Gasteiger partial charge in [0.05, 0.1) is 11.7 Å². The first-order valence-corrected chi connectivity index (χ1v) is 4.83. The highest BCUT2D eigenvalue weighted by atomic mass is 15.0. The van der Waals surface area contributed by atoms with E-state index in [1.165, 1.54) is 24.2 Å². The van der Waals surface area contributed by atoms with Crippen molar-refractivity contribution in [2.75, 3.05) is 0 Å². The minimum absolute atomic E-state index is 1.08. The van der Waals surface area contributed by atoms with Crippen molar-refractivity contribution >= 4 is 5.52 Å². The van der Waals surface area contributed by atoms with Gasteiger partial charge in [-0.2, -0.15) is 0 Å². The zero-order valence-electron chi connectivity index (χ0n) is 7.90. The van der Waals surface area contributed by atoms with Crippen LogP contribution in [0, 0.1) is 0 Å². The van der Waals surface area contributed by atoms with Crippen LogP contribution in [-0.4, -0.2) is 9.38 Å². The van der Waals surface area contributed by atoms with E-state index in [1.54, 1.807) is 0 Å². The third kappa shape index (κ3) is 1.57. The van der Waals surface area contributed by atoms with Crippen molar-refractivity contribution < 1.29 is 0 Å². The number of fused-ring (bicyclic) bond motifs is 1. The first-order valence-electron chi connectivity index (χ1n) is 4.83. The number of nitrogens with zero attached hydrogens (tertiary/aromatic N) is 2. The van der Waals surface area contributed by atoms with Crippen molar-refractivity contribution in [3.8, 4) is 0 Å². The van der Waals surface area contributed by atoms with Crippen molar-refractivity contribution in [2.45, 2.75) is 26.2 Å². The van der Waals surface area contributed by atoms with Crippen LogP contribution >= 0.6 is 0 Å². The van der Waals surface area contributed by atoms with E-state index in [2.05, 4.69) is 28.6 Å². The lowest BCUT2D eigenvalue weighted by Crippen LogP contribution is -1.93. The summed E-state index contributed by atoms with van der Waals surface area (Å²) in [6.45, 7) is 2.20. The van der Waals surface area contributed by atoms with Crippen molar-refractivity contribution in [2.24, 2.45) is 0 Å². The molecule has 0 spiro atoms. The highest BCUT2D eigenvalue weighted by molar-refractivity contribution is 5.45. The fourth-order valence-electron chi connectivity index (χ4n) is 1.52. The molecule has 0 aliphatic rings. The average molecular weight is 174 g/mol. The standard InChI is InChI=1S/C11H14N2/c1-2-3-7-11-12-9-10-6-4-5-8-13(10)11/h4-6,8-9H,2-3,7H2,1H3. The van der Waals surface area contributed by atoms with Crippen molar-refractivity contribution in [3.63, 3.8) is 0 Å². The van der Waals surface area contributed by atoms with Gasteiger partial charge >= 0.3 is 0 Å². The Labute approximate surface area is 78.2 Å². The average Bonchev–Trinajstić information content (AvgIpc) is 2.58. The molecule has 0 saturated heterocycles. The van der Waals surface area contributed by atoms with Crippen LogP contribution in [0.5, 0.6) is 0 Å².